The second-order valence-corrected chi connectivity index (χ2v) is 7.09. The van der Waals surface area contributed by atoms with Crippen molar-refractivity contribution in [3.63, 3.8) is 0 Å². The Morgan fingerprint density at radius 2 is 2.47 bits per heavy atom. The van der Waals surface area contributed by atoms with Crippen molar-refractivity contribution in [2.75, 3.05) is 0 Å². The molecule has 3 rings (SSSR count). The van der Waals surface area contributed by atoms with E-state index >= 15 is 0 Å². The van der Waals surface area contributed by atoms with Crippen molar-refractivity contribution in [1.82, 2.24) is 14.9 Å². The van der Waals surface area contributed by atoms with Crippen LogP contribution in [0.1, 0.15) is 28.3 Å². The number of nitrogens with one attached hydrogen (secondary N) is 1. The molecule has 1 atom stereocenters. The maximum absolute atomic E-state index is 12.1. The zero-order chi connectivity index (χ0) is 13.4. The number of hydrogen-bond acceptors (Lipinski definition) is 3. The van der Waals surface area contributed by atoms with E-state index in [1.54, 1.807) is 0 Å². The zero-order valence-electron chi connectivity index (χ0n) is 10.5. The van der Waals surface area contributed by atoms with E-state index in [1.165, 1.54) is 11.3 Å². The third kappa shape index (κ3) is 2.74. The average molecular weight is 340 g/mol. The highest BCUT2D eigenvalue weighted by Gasteiger charge is 2.21. The van der Waals surface area contributed by atoms with E-state index in [2.05, 4.69) is 37.0 Å². The lowest BCUT2D eigenvalue weighted by molar-refractivity contribution is 0.0928. The van der Waals surface area contributed by atoms with Gasteiger partial charge in [0, 0.05) is 30.6 Å². The quantitative estimate of drug-likeness (QED) is 0.914. The first-order valence-electron chi connectivity index (χ1n) is 6.19. The largest absolute Gasteiger partial charge is 0.347 e. The summed E-state index contributed by atoms with van der Waals surface area (Å²) < 4.78 is 3.13. The zero-order valence-corrected chi connectivity index (χ0v) is 12.9. The van der Waals surface area contributed by atoms with Gasteiger partial charge in [-0.05, 0) is 35.3 Å². The van der Waals surface area contributed by atoms with Crippen molar-refractivity contribution in [2.24, 2.45) is 0 Å². The summed E-state index contributed by atoms with van der Waals surface area (Å²) in [6, 6.07) is 2.04. The Morgan fingerprint density at radius 1 is 1.63 bits per heavy atom. The summed E-state index contributed by atoms with van der Waals surface area (Å²) in [4.78, 5) is 16.6. The number of amides is 1. The van der Waals surface area contributed by atoms with E-state index in [0.29, 0.717) is 0 Å². The number of imidazole rings is 1. The van der Waals surface area contributed by atoms with Crippen molar-refractivity contribution in [3.05, 3.63) is 38.5 Å². The van der Waals surface area contributed by atoms with Gasteiger partial charge in [0.05, 0.1) is 15.0 Å². The number of carbonyl (C=O) groups is 1. The Labute approximate surface area is 124 Å². The molecule has 1 amide bonds. The minimum absolute atomic E-state index is 0.00670. The van der Waals surface area contributed by atoms with E-state index < -0.39 is 0 Å². The average Bonchev–Trinajstić information content (AvgIpc) is 2.93. The number of carbonyl (C=O) groups excluding carboxylic acids is 1. The Bertz CT molecular complexity index is 619. The number of nitrogens with zero attached hydrogens (tertiary/aromatic N) is 2. The summed E-state index contributed by atoms with van der Waals surface area (Å²) in [6.07, 6.45) is 3.93. The van der Waals surface area contributed by atoms with Gasteiger partial charge < -0.3 is 9.88 Å². The van der Waals surface area contributed by atoms with Gasteiger partial charge in [0.25, 0.3) is 5.91 Å². The lowest BCUT2D eigenvalue weighted by atomic mass is 10.1. The number of halogens is 1. The number of rotatable bonds is 2. The molecular weight excluding hydrogens is 326 g/mol. The first-order chi connectivity index (χ1) is 9.11. The van der Waals surface area contributed by atoms with Crippen LogP contribution >= 0.6 is 27.3 Å². The molecule has 1 aliphatic heterocycles. The number of aryl methyl sites for hydroxylation is 2. The fraction of sp³-hybridized carbons (Fsp3) is 0.385. The first-order valence-corrected chi connectivity index (χ1v) is 7.86. The molecular formula is C13H14BrN3OS. The molecule has 0 radical (unpaired) electrons. The van der Waals surface area contributed by atoms with E-state index in [9.17, 15) is 4.79 Å². The van der Waals surface area contributed by atoms with Gasteiger partial charge in [-0.15, -0.1) is 11.3 Å². The van der Waals surface area contributed by atoms with Crippen molar-refractivity contribution in [1.29, 1.82) is 0 Å². The lowest BCUT2D eigenvalue weighted by Crippen LogP contribution is -2.40. The lowest BCUT2D eigenvalue weighted by Gasteiger charge is -2.24. The van der Waals surface area contributed by atoms with Crippen LogP contribution in [0.15, 0.2) is 21.4 Å². The third-order valence-corrected chi connectivity index (χ3v) is 4.78. The number of fused-ring (bicyclic) bond motifs is 1. The van der Waals surface area contributed by atoms with Crippen LogP contribution in [0.25, 0.3) is 0 Å². The van der Waals surface area contributed by atoms with Crippen LogP contribution in [0.2, 0.25) is 0 Å². The molecule has 0 unspecified atom stereocenters. The predicted octanol–water partition coefficient (Wildman–Crippen LogP) is 2.76. The van der Waals surface area contributed by atoms with Crippen molar-refractivity contribution in [2.45, 2.75) is 32.4 Å². The van der Waals surface area contributed by atoms with Crippen LogP contribution in [-0.2, 0) is 13.0 Å². The first kappa shape index (κ1) is 12.9. The van der Waals surface area contributed by atoms with Crippen molar-refractivity contribution in [3.8, 4) is 0 Å². The van der Waals surface area contributed by atoms with E-state index in [4.69, 9.17) is 0 Å². The molecule has 2 aromatic rings. The van der Waals surface area contributed by atoms with Crippen LogP contribution in [0.4, 0.5) is 0 Å². The van der Waals surface area contributed by atoms with E-state index in [1.807, 2.05) is 18.4 Å². The summed E-state index contributed by atoms with van der Waals surface area (Å²) >= 11 is 4.90. The molecule has 3 heterocycles. The van der Waals surface area contributed by atoms with Gasteiger partial charge in [0.2, 0.25) is 0 Å². The summed E-state index contributed by atoms with van der Waals surface area (Å²) in [6.45, 7) is 2.81. The van der Waals surface area contributed by atoms with Crippen LogP contribution in [0, 0.1) is 6.92 Å². The molecule has 6 heteroatoms. The molecule has 0 saturated heterocycles. The van der Waals surface area contributed by atoms with Crippen molar-refractivity contribution >= 4 is 33.2 Å². The standard InChI is InChI=1S/C13H14BrN3OS/c1-8-5-17-6-10(2-3-12(17)15-8)16-13(18)9-4-11(14)19-7-9/h4-5,7,10H,2-3,6H2,1H3,(H,16,18)/t10-/m1/s1. The van der Waals surface area contributed by atoms with E-state index in [0.717, 1.165) is 40.3 Å². The molecule has 0 fully saturated rings. The molecule has 2 aromatic heterocycles. The summed E-state index contributed by atoms with van der Waals surface area (Å²) in [5.74, 6) is 1.13. The smallest absolute Gasteiger partial charge is 0.252 e. The topological polar surface area (TPSA) is 46.9 Å². The predicted molar refractivity (Wildman–Crippen MR) is 78.6 cm³/mol. The third-order valence-electron chi connectivity index (χ3n) is 3.28. The van der Waals surface area contributed by atoms with E-state index in [-0.39, 0.29) is 11.9 Å². The maximum Gasteiger partial charge on any atom is 0.252 e. The second-order valence-electron chi connectivity index (χ2n) is 4.80. The highest BCUT2D eigenvalue weighted by Crippen LogP contribution is 2.21. The monoisotopic (exact) mass is 339 g/mol. The second kappa shape index (κ2) is 5.09. The molecule has 0 saturated carbocycles. The minimum Gasteiger partial charge on any atom is -0.347 e. The van der Waals surface area contributed by atoms with Crippen LogP contribution < -0.4 is 5.32 Å². The van der Waals surface area contributed by atoms with Crippen LogP contribution in [-0.4, -0.2) is 21.5 Å². The summed E-state index contributed by atoms with van der Waals surface area (Å²) in [5.41, 5.74) is 1.77. The molecule has 100 valence electrons. The molecule has 0 bridgehead atoms. The Kier molecular flexibility index (Phi) is 3.45. The highest BCUT2D eigenvalue weighted by molar-refractivity contribution is 9.11. The van der Waals surface area contributed by atoms with Gasteiger partial charge in [0.15, 0.2) is 0 Å². The van der Waals surface area contributed by atoms with Gasteiger partial charge in [-0.2, -0.15) is 0 Å². The fourth-order valence-electron chi connectivity index (χ4n) is 2.40. The summed E-state index contributed by atoms with van der Waals surface area (Å²) in [5, 5.41) is 4.97. The molecule has 1 aliphatic rings. The van der Waals surface area contributed by atoms with Gasteiger partial charge in [0.1, 0.15) is 5.82 Å². The minimum atomic E-state index is 0.00670. The Balaban J connectivity index is 1.67. The van der Waals surface area contributed by atoms with Crippen LogP contribution in [0.5, 0.6) is 0 Å². The van der Waals surface area contributed by atoms with Gasteiger partial charge >= 0.3 is 0 Å². The van der Waals surface area contributed by atoms with Gasteiger partial charge in [-0.25, -0.2) is 4.98 Å². The SMILES string of the molecule is Cc1cn2c(n1)CC[C@@H](NC(=O)c1csc(Br)c1)C2. The molecule has 0 spiro atoms. The molecule has 0 aliphatic carbocycles. The molecule has 19 heavy (non-hydrogen) atoms. The molecule has 1 N–H and O–H groups in total. The summed E-state index contributed by atoms with van der Waals surface area (Å²) in [7, 11) is 0. The normalized spacial score (nSPS) is 18.1. The number of aromatic nitrogens is 2. The molecule has 4 nitrogen and oxygen atoms in total. The number of thiophene rings is 1. The molecule has 0 aromatic carbocycles. The van der Waals surface area contributed by atoms with Gasteiger partial charge in [-0.3, -0.25) is 4.79 Å². The fourth-order valence-corrected chi connectivity index (χ4v) is 3.54. The number of hydrogen-bond donors (Lipinski definition) is 1. The maximum atomic E-state index is 12.1. The Morgan fingerprint density at radius 3 is 3.21 bits per heavy atom. The Hall–Kier alpha value is -1.14. The van der Waals surface area contributed by atoms with Gasteiger partial charge in [-0.1, -0.05) is 0 Å². The highest BCUT2D eigenvalue weighted by atomic mass is 79.9. The van der Waals surface area contributed by atoms with Crippen LogP contribution in [0.3, 0.4) is 0 Å². The van der Waals surface area contributed by atoms with Crippen molar-refractivity contribution < 1.29 is 4.79 Å².